The number of hydrogen-bond donors (Lipinski definition) is 1. The van der Waals surface area contributed by atoms with Crippen LogP contribution in [-0.2, 0) is 6.42 Å². The van der Waals surface area contributed by atoms with Crippen molar-refractivity contribution in [1.29, 1.82) is 0 Å². The van der Waals surface area contributed by atoms with Crippen LogP contribution >= 0.6 is 15.9 Å². The normalized spacial score (nSPS) is 10.8. The predicted octanol–water partition coefficient (Wildman–Crippen LogP) is 3.93. The van der Waals surface area contributed by atoms with E-state index in [0.29, 0.717) is 11.7 Å². The highest BCUT2D eigenvalue weighted by atomic mass is 79.9. The average Bonchev–Trinajstić information content (AvgIpc) is 2.44. The third-order valence-electron chi connectivity index (χ3n) is 2.79. The van der Waals surface area contributed by atoms with E-state index in [1.54, 1.807) is 12.4 Å². The van der Waals surface area contributed by atoms with Gasteiger partial charge >= 0.3 is 0 Å². The summed E-state index contributed by atoms with van der Waals surface area (Å²) in [7, 11) is 0. The van der Waals surface area contributed by atoms with Gasteiger partial charge in [0.25, 0.3) is 0 Å². The minimum absolute atomic E-state index is 0.539. The van der Waals surface area contributed by atoms with Crippen LogP contribution in [0.25, 0.3) is 11.4 Å². The van der Waals surface area contributed by atoms with Gasteiger partial charge in [0, 0.05) is 24.5 Å². The van der Waals surface area contributed by atoms with Crippen LogP contribution < -0.4 is 5.32 Å². The number of pyridine rings is 1. The van der Waals surface area contributed by atoms with Gasteiger partial charge in [-0.2, -0.15) is 0 Å². The average molecular weight is 335 g/mol. The second-order valence-electron chi connectivity index (χ2n) is 5.03. The maximum absolute atomic E-state index is 4.69. The lowest BCUT2D eigenvalue weighted by molar-refractivity contribution is 0.632. The fourth-order valence-electron chi connectivity index (χ4n) is 1.92. The molecule has 0 aliphatic heterocycles. The molecule has 0 unspecified atom stereocenters. The molecule has 5 heteroatoms. The van der Waals surface area contributed by atoms with Gasteiger partial charge in [0.1, 0.15) is 5.82 Å². The Bertz CT molecular complexity index is 570. The van der Waals surface area contributed by atoms with Gasteiger partial charge < -0.3 is 5.32 Å². The van der Waals surface area contributed by atoms with Crippen molar-refractivity contribution in [1.82, 2.24) is 15.0 Å². The van der Waals surface area contributed by atoms with Gasteiger partial charge in [0.15, 0.2) is 5.82 Å². The molecule has 0 aliphatic carbocycles. The summed E-state index contributed by atoms with van der Waals surface area (Å²) in [4.78, 5) is 13.4. The Morgan fingerprint density at radius 3 is 2.70 bits per heavy atom. The topological polar surface area (TPSA) is 50.7 Å². The zero-order chi connectivity index (χ0) is 14.5. The van der Waals surface area contributed by atoms with E-state index >= 15 is 0 Å². The molecule has 0 saturated heterocycles. The first-order chi connectivity index (χ1) is 9.61. The Hall–Kier alpha value is -1.49. The van der Waals surface area contributed by atoms with E-state index < -0.39 is 0 Å². The Morgan fingerprint density at radius 2 is 2.10 bits per heavy atom. The van der Waals surface area contributed by atoms with Gasteiger partial charge in [0.05, 0.1) is 10.2 Å². The van der Waals surface area contributed by atoms with Crippen LogP contribution in [0.5, 0.6) is 0 Å². The highest BCUT2D eigenvalue weighted by molar-refractivity contribution is 9.10. The molecule has 2 aromatic heterocycles. The zero-order valence-electron chi connectivity index (χ0n) is 12.0. The smallest absolute Gasteiger partial charge is 0.163 e. The van der Waals surface area contributed by atoms with Gasteiger partial charge in [-0.25, -0.2) is 9.97 Å². The van der Waals surface area contributed by atoms with Crippen LogP contribution in [0.2, 0.25) is 0 Å². The molecule has 2 heterocycles. The molecule has 0 aliphatic rings. The van der Waals surface area contributed by atoms with Crippen molar-refractivity contribution in [3.8, 4) is 11.4 Å². The summed E-state index contributed by atoms with van der Waals surface area (Å²) in [6.07, 6.45) is 4.45. The van der Waals surface area contributed by atoms with Crippen molar-refractivity contribution in [3.63, 3.8) is 0 Å². The molecule has 0 fully saturated rings. The monoisotopic (exact) mass is 334 g/mol. The minimum Gasteiger partial charge on any atom is -0.369 e. The van der Waals surface area contributed by atoms with Crippen molar-refractivity contribution in [2.75, 3.05) is 11.9 Å². The van der Waals surface area contributed by atoms with Crippen molar-refractivity contribution in [3.05, 3.63) is 34.7 Å². The third kappa shape index (κ3) is 3.54. The van der Waals surface area contributed by atoms with E-state index in [9.17, 15) is 0 Å². The van der Waals surface area contributed by atoms with E-state index in [-0.39, 0.29) is 0 Å². The summed E-state index contributed by atoms with van der Waals surface area (Å²) >= 11 is 3.61. The molecule has 0 atom stereocenters. The maximum atomic E-state index is 4.69. The van der Waals surface area contributed by atoms with E-state index in [0.717, 1.165) is 34.5 Å². The molecule has 0 amide bonds. The fraction of sp³-hybridized carbons (Fsp3) is 0.400. The SMILES string of the molecule is CCNc1nc(-c2cccnc2)nc(CC(C)C)c1Br. The van der Waals surface area contributed by atoms with Gasteiger partial charge in [0.2, 0.25) is 0 Å². The van der Waals surface area contributed by atoms with E-state index in [4.69, 9.17) is 0 Å². The van der Waals surface area contributed by atoms with Crippen molar-refractivity contribution >= 4 is 21.7 Å². The Balaban J connectivity index is 2.49. The van der Waals surface area contributed by atoms with Gasteiger partial charge in [-0.15, -0.1) is 0 Å². The second-order valence-corrected chi connectivity index (χ2v) is 5.82. The van der Waals surface area contributed by atoms with E-state index in [1.165, 1.54) is 0 Å². The molecule has 0 spiro atoms. The molecule has 4 nitrogen and oxygen atoms in total. The van der Waals surface area contributed by atoms with Crippen LogP contribution in [0.4, 0.5) is 5.82 Å². The Morgan fingerprint density at radius 1 is 1.30 bits per heavy atom. The summed E-state index contributed by atoms with van der Waals surface area (Å²) in [5, 5.41) is 3.28. The lowest BCUT2D eigenvalue weighted by Crippen LogP contribution is -2.08. The van der Waals surface area contributed by atoms with Crippen LogP contribution in [0.3, 0.4) is 0 Å². The van der Waals surface area contributed by atoms with Gasteiger partial charge in [-0.3, -0.25) is 4.98 Å². The van der Waals surface area contributed by atoms with Crippen LogP contribution in [0.15, 0.2) is 29.0 Å². The molecule has 0 bridgehead atoms. The van der Waals surface area contributed by atoms with Crippen LogP contribution in [0, 0.1) is 5.92 Å². The van der Waals surface area contributed by atoms with Crippen molar-refractivity contribution < 1.29 is 0 Å². The summed E-state index contributed by atoms with van der Waals surface area (Å²) in [5.41, 5.74) is 1.97. The minimum atomic E-state index is 0.539. The van der Waals surface area contributed by atoms with Crippen LogP contribution in [0.1, 0.15) is 26.5 Å². The van der Waals surface area contributed by atoms with Crippen LogP contribution in [-0.4, -0.2) is 21.5 Å². The molecule has 0 saturated carbocycles. The zero-order valence-corrected chi connectivity index (χ0v) is 13.6. The molecule has 0 aromatic carbocycles. The molecule has 2 rings (SSSR count). The second kappa shape index (κ2) is 6.79. The number of rotatable bonds is 5. The number of nitrogens with zero attached hydrogens (tertiary/aromatic N) is 3. The third-order valence-corrected chi connectivity index (χ3v) is 3.62. The number of hydrogen-bond acceptors (Lipinski definition) is 4. The number of aromatic nitrogens is 3. The lowest BCUT2D eigenvalue weighted by atomic mass is 10.1. The number of nitrogens with one attached hydrogen (secondary N) is 1. The van der Waals surface area contributed by atoms with Gasteiger partial charge in [-0.05, 0) is 47.3 Å². The van der Waals surface area contributed by atoms with Gasteiger partial charge in [-0.1, -0.05) is 13.8 Å². The molecular weight excluding hydrogens is 316 g/mol. The Kier molecular flexibility index (Phi) is 5.06. The molecule has 20 heavy (non-hydrogen) atoms. The quantitative estimate of drug-likeness (QED) is 0.899. The first-order valence-electron chi connectivity index (χ1n) is 6.82. The predicted molar refractivity (Wildman–Crippen MR) is 85.7 cm³/mol. The number of anilines is 1. The molecule has 1 N–H and O–H groups in total. The number of halogens is 1. The van der Waals surface area contributed by atoms with Crippen molar-refractivity contribution in [2.24, 2.45) is 5.92 Å². The largest absolute Gasteiger partial charge is 0.369 e. The lowest BCUT2D eigenvalue weighted by Gasteiger charge is -2.13. The summed E-state index contributed by atoms with van der Waals surface area (Å²) < 4.78 is 0.959. The van der Waals surface area contributed by atoms with Crippen molar-refractivity contribution in [2.45, 2.75) is 27.2 Å². The molecular formula is C15H19BrN4. The molecule has 106 valence electrons. The first kappa shape index (κ1) is 14.9. The first-order valence-corrected chi connectivity index (χ1v) is 7.61. The fourth-order valence-corrected chi connectivity index (χ4v) is 2.40. The summed E-state index contributed by atoms with van der Waals surface area (Å²) in [6.45, 7) is 7.25. The standard InChI is InChI=1S/C15H19BrN4/c1-4-18-15-13(16)12(8-10(2)3)19-14(20-15)11-6-5-7-17-9-11/h5-7,9-10H,4,8H2,1-3H3,(H,18,19,20). The summed E-state index contributed by atoms with van der Waals surface area (Å²) in [6, 6.07) is 3.88. The van der Waals surface area contributed by atoms with E-state index in [2.05, 4.69) is 57.0 Å². The molecule has 2 aromatic rings. The Labute approximate surface area is 128 Å². The summed E-state index contributed by atoms with van der Waals surface area (Å²) in [5.74, 6) is 2.10. The molecule has 0 radical (unpaired) electrons. The highest BCUT2D eigenvalue weighted by Crippen LogP contribution is 2.28. The maximum Gasteiger partial charge on any atom is 0.163 e. The highest BCUT2D eigenvalue weighted by Gasteiger charge is 2.14. The van der Waals surface area contributed by atoms with E-state index in [1.807, 2.05) is 12.1 Å².